The molecule has 2 aliphatic heterocycles. The molecule has 1 aromatic heterocycles. The summed E-state index contributed by atoms with van der Waals surface area (Å²) in [4.78, 5) is 22.1. The van der Waals surface area contributed by atoms with Crippen molar-refractivity contribution in [2.24, 2.45) is 5.92 Å². The van der Waals surface area contributed by atoms with E-state index in [0.717, 1.165) is 61.0 Å². The highest BCUT2D eigenvalue weighted by Gasteiger charge is 2.31. The normalized spacial score (nSPS) is 17.5. The van der Waals surface area contributed by atoms with Gasteiger partial charge in [-0.1, -0.05) is 39.3 Å². The van der Waals surface area contributed by atoms with Crippen molar-refractivity contribution in [2.45, 2.75) is 32.2 Å². The van der Waals surface area contributed by atoms with E-state index in [9.17, 15) is 4.79 Å². The number of aryl methyl sites for hydroxylation is 1. The predicted octanol–water partition coefficient (Wildman–Crippen LogP) is 4.69. The Bertz CT molecular complexity index is 1060. The summed E-state index contributed by atoms with van der Waals surface area (Å²) in [6, 6.07) is 16.2. The molecule has 3 aromatic rings. The number of anilines is 1. The zero-order chi connectivity index (χ0) is 21.2. The maximum atomic E-state index is 13.2. The molecule has 2 aromatic carbocycles. The van der Waals surface area contributed by atoms with Crippen LogP contribution in [0.1, 0.15) is 30.7 Å². The average molecular weight is 481 g/mol. The number of hydrogen-bond acceptors (Lipinski definition) is 5. The molecule has 7 heteroatoms. The quantitative estimate of drug-likeness (QED) is 0.541. The van der Waals surface area contributed by atoms with Crippen LogP contribution in [0, 0.1) is 5.92 Å². The first-order chi connectivity index (χ1) is 15.2. The Morgan fingerprint density at radius 3 is 2.65 bits per heavy atom. The second-order valence-electron chi connectivity index (χ2n) is 8.29. The molecule has 0 bridgehead atoms. The van der Waals surface area contributed by atoms with Crippen LogP contribution in [-0.4, -0.2) is 40.6 Å². The van der Waals surface area contributed by atoms with Gasteiger partial charge >= 0.3 is 0 Å². The number of carbonyl (C=O) groups excluding carboxylic acids is 1. The Balaban J connectivity index is 1.18. The molecular formula is C24H25BrN4O2. The minimum absolute atomic E-state index is 0.0865. The summed E-state index contributed by atoms with van der Waals surface area (Å²) < 4.78 is 6.49. The molecule has 1 fully saturated rings. The minimum Gasteiger partial charge on any atom is -0.338 e. The molecule has 1 saturated heterocycles. The predicted molar refractivity (Wildman–Crippen MR) is 123 cm³/mol. The fourth-order valence-electron chi connectivity index (χ4n) is 4.55. The van der Waals surface area contributed by atoms with Gasteiger partial charge in [0.2, 0.25) is 17.6 Å². The molecule has 0 N–H and O–H groups in total. The van der Waals surface area contributed by atoms with Crippen LogP contribution in [0.4, 0.5) is 5.69 Å². The van der Waals surface area contributed by atoms with Crippen molar-refractivity contribution in [3.8, 4) is 11.4 Å². The van der Waals surface area contributed by atoms with E-state index in [1.807, 2.05) is 35.2 Å². The van der Waals surface area contributed by atoms with Crippen molar-refractivity contribution in [3.63, 3.8) is 0 Å². The number of nitrogens with zero attached hydrogens (tertiary/aromatic N) is 4. The summed E-state index contributed by atoms with van der Waals surface area (Å²) >= 11 is 3.44. The van der Waals surface area contributed by atoms with Crippen LogP contribution >= 0.6 is 15.9 Å². The zero-order valence-corrected chi connectivity index (χ0v) is 18.9. The van der Waals surface area contributed by atoms with Gasteiger partial charge in [-0.25, -0.2) is 0 Å². The molecule has 3 heterocycles. The Kier molecular flexibility index (Phi) is 5.87. The number of hydrogen-bond donors (Lipinski definition) is 0. The van der Waals surface area contributed by atoms with Gasteiger partial charge < -0.3 is 9.42 Å². The Morgan fingerprint density at radius 1 is 1.06 bits per heavy atom. The molecule has 1 amide bonds. The van der Waals surface area contributed by atoms with Gasteiger partial charge in [-0.05, 0) is 74.7 Å². The number of piperidine rings is 1. The number of rotatable bonds is 4. The topological polar surface area (TPSA) is 62.5 Å². The number of para-hydroxylation sites is 1. The molecule has 0 aliphatic carbocycles. The third-order valence-corrected chi connectivity index (χ3v) is 6.77. The van der Waals surface area contributed by atoms with Gasteiger partial charge in [0.1, 0.15) is 0 Å². The monoisotopic (exact) mass is 480 g/mol. The van der Waals surface area contributed by atoms with E-state index in [4.69, 9.17) is 4.52 Å². The van der Waals surface area contributed by atoms with Crippen molar-refractivity contribution in [1.82, 2.24) is 15.0 Å². The highest BCUT2D eigenvalue weighted by atomic mass is 79.9. The van der Waals surface area contributed by atoms with Crippen LogP contribution in [0.3, 0.4) is 0 Å². The van der Waals surface area contributed by atoms with E-state index in [1.54, 1.807) is 0 Å². The number of likely N-dealkylation sites (tertiary alicyclic amines) is 1. The van der Waals surface area contributed by atoms with E-state index in [1.165, 1.54) is 5.56 Å². The third kappa shape index (κ3) is 4.43. The largest absolute Gasteiger partial charge is 0.338 e. The average Bonchev–Trinajstić information content (AvgIpc) is 3.27. The Labute approximate surface area is 190 Å². The lowest BCUT2D eigenvalue weighted by Crippen LogP contribution is -2.44. The summed E-state index contributed by atoms with van der Waals surface area (Å²) in [6.45, 7) is 3.18. The molecule has 0 atom stereocenters. The third-order valence-electron chi connectivity index (χ3n) is 6.24. The van der Waals surface area contributed by atoms with Gasteiger partial charge in [0.05, 0.1) is 6.54 Å². The number of carbonyl (C=O) groups is 1. The van der Waals surface area contributed by atoms with Gasteiger partial charge in [0, 0.05) is 28.2 Å². The first kappa shape index (κ1) is 20.4. The summed E-state index contributed by atoms with van der Waals surface area (Å²) in [5, 5.41) is 4.12. The van der Waals surface area contributed by atoms with E-state index in [0.29, 0.717) is 18.3 Å². The number of halogens is 1. The molecule has 0 saturated carbocycles. The highest BCUT2D eigenvalue weighted by molar-refractivity contribution is 9.10. The lowest BCUT2D eigenvalue weighted by atomic mass is 9.93. The maximum absolute atomic E-state index is 13.2. The standard InChI is InChI=1S/C24H25BrN4O2/c25-20-9-7-18(8-10-20)23-26-22(31-27-23)16-28-14-11-19(12-15-28)24(30)29-13-3-5-17-4-1-2-6-21(17)29/h1-2,4,6-10,19H,3,5,11-16H2. The lowest BCUT2D eigenvalue weighted by molar-refractivity contribution is -0.124. The highest BCUT2D eigenvalue weighted by Crippen LogP contribution is 2.30. The molecule has 5 rings (SSSR count). The fourth-order valence-corrected chi connectivity index (χ4v) is 4.81. The summed E-state index contributed by atoms with van der Waals surface area (Å²) in [5.74, 6) is 1.59. The van der Waals surface area contributed by atoms with Crippen LogP contribution in [-0.2, 0) is 17.8 Å². The molecule has 0 radical (unpaired) electrons. The lowest BCUT2D eigenvalue weighted by Gasteiger charge is -2.36. The van der Waals surface area contributed by atoms with E-state index in [-0.39, 0.29) is 11.8 Å². The molecule has 2 aliphatic rings. The number of benzene rings is 2. The summed E-state index contributed by atoms with van der Waals surface area (Å²) in [5.41, 5.74) is 3.33. The second kappa shape index (κ2) is 8.93. The Hall–Kier alpha value is -2.51. The molecular weight excluding hydrogens is 456 g/mol. The molecule has 0 unspecified atom stereocenters. The first-order valence-corrected chi connectivity index (χ1v) is 11.7. The minimum atomic E-state index is 0.0865. The van der Waals surface area contributed by atoms with Crippen LogP contribution in [0.15, 0.2) is 57.5 Å². The van der Waals surface area contributed by atoms with Crippen molar-refractivity contribution >= 4 is 27.5 Å². The van der Waals surface area contributed by atoms with Crippen LogP contribution in [0.5, 0.6) is 0 Å². The van der Waals surface area contributed by atoms with Gasteiger partial charge in [0.15, 0.2) is 0 Å². The maximum Gasteiger partial charge on any atom is 0.241 e. The number of amides is 1. The van der Waals surface area contributed by atoms with Crippen LogP contribution in [0.25, 0.3) is 11.4 Å². The molecule has 6 nitrogen and oxygen atoms in total. The Morgan fingerprint density at radius 2 is 1.84 bits per heavy atom. The van der Waals surface area contributed by atoms with E-state index in [2.05, 4.69) is 49.2 Å². The molecule has 31 heavy (non-hydrogen) atoms. The first-order valence-electron chi connectivity index (χ1n) is 10.9. The van der Waals surface area contributed by atoms with Crippen LogP contribution in [0.2, 0.25) is 0 Å². The van der Waals surface area contributed by atoms with Gasteiger partial charge in [-0.15, -0.1) is 0 Å². The smallest absolute Gasteiger partial charge is 0.241 e. The summed E-state index contributed by atoms with van der Waals surface area (Å²) in [7, 11) is 0. The zero-order valence-electron chi connectivity index (χ0n) is 17.3. The second-order valence-corrected chi connectivity index (χ2v) is 9.21. The molecule has 160 valence electrons. The summed E-state index contributed by atoms with van der Waals surface area (Å²) in [6.07, 6.45) is 3.83. The van der Waals surface area contributed by atoms with Gasteiger partial charge in [0.25, 0.3) is 0 Å². The van der Waals surface area contributed by atoms with E-state index >= 15 is 0 Å². The number of fused-ring (bicyclic) bond motifs is 1. The van der Waals surface area contributed by atoms with Crippen LogP contribution < -0.4 is 4.90 Å². The van der Waals surface area contributed by atoms with Crippen molar-refractivity contribution in [2.75, 3.05) is 24.5 Å². The van der Waals surface area contributed by atoms with Crippen molar-refractivity contribution in [3.05, 3.63) is 64.5 Å². The SMILES string of the molecule is O=C(C1CCN(Cc2nc(-c3ccc(Br)cc3)no2)CC1)N1CCCc2ccccc21. The van der Waals surface area contributed by atoms with Crippen molar-refractivity contribution < 1.29 is 9.32 Å². The van der Waals surface area contributed by atoms with Crippen molar-refractivity contribution in [1.29, 1.82) is 0 Å². The van der Waals surface area contributed by atoms with E-state index < -0.39 is 0 Å². The fraction of sp³-hybridized carbons (Fsp3) is 0.375. The molecule has 0 spiro atoms. The number of aromatic nitrogens is 2. The van der Waals surface area contributed by atoms with Gasteiger partial charge in [-0.3, -0.25) is 9.69 Å². The van der Waals surface area contributed by atoms with Gasteiger partial charge in [-0.2, -0.15) is 4.98 Å².